The molecule has 0 aliphatic rings. The third-order valence-electron chi connectivity index (χ3n) is 2.02. The first-order valence-electron chi connectivity index (χ1n) is 4.92. The van der Waals surface area contributed by atoms with E-state index in [9.17, 15) is 4.57 Å². The van der Waals surface area contributed by atoms with Crippen molar-refractivity contribution in [1.82, 2.24) is 0 Å². The van der Waals surface area contributed by atoms with Gasteiger partial charge in [0.25, 0.3) is 0 Å². The molecule has 3 nitrogen and oxygen atoms in total. The second kappa shape index (κ2) is 7.08. The fraction of sp³-hybridized carbons (Fsp3) is 0.400. The van der Waals surface area contributed by atoms with E-state index in [1.807, 2.05) is 6.07 Å². The van der Waals surface area contributed by atoms with E-state index in [1.54, 1.807) is 12.1 Å². The lowest BCUT2D eigenvalue weighted by molar-refractivity contribution is 0.500. The van der Waals surface area contributed by atoms with Gasteiger partial charge in [0, 0.05) is 11.6 Å². The lowest BCUT2D eigenvalue weighted by Gasteiger charge is -2.07. The largest absolute Gasteiger partial charge is 0.505 e. The van der Waals surface area contributed by atoms with Crippen LogP contribution in [0, 0.1) is 0 Å². The van der Waals surface area contributed by atoms with Gasteiger partial charge in [-0.05, 0) is 35.6 Å². The molecule has 0 saturated heterocycles. The maximum absolute atomic E-state index is 10.4. The molecule has 1 atom stereocenters. The number of benzene rings is 1. The van der Waals surface area contributed by atoms with Gasteiger partial charge in [0.2, 0.25) is 0 Å². The molecule has 1 aromatic rings. The van der Waals surface area contributed by atoms with Gasteiger partial charge in [-0.25, -0.2) is 0 Å². The summed E-state index contributed by atoms with van der Waals surface area (Å²) in [6, 6.07) is 5.26. The molecule has 0 aliphatic carbocycles. The summed E-state index contributed by atoms with van der Waals surface area (Å²) in [6.07, 6.45) is 1.91. The molecule has 2 N–H and O–H groups in total. The Bertz CT molecular complexity index is 374. The molecule has 1 rings (SSSR count). The summed E-state index contributed by atoms with van der Waals surface area (Å²) in [5.74, 6) is 0. The normalized spacial score (nSPS) is 11.3. The molecule has 0 aromatic heterocycles. The first-order valence-corrected chi connectivity index (χ1v) is 7.07. The Kier molecular flexibility index (Phi) is 6.07. The van der Waals surface area contributed by atoms with Gasteiger partial charge in [0.1, 0.15) is 0 Å². The fourth-order valence-corrected chi connectivity index (χ4v) is 2.20. The van der Waals surface area contributed by atoms with Gasteiger partial charge in [-0.15, -0.1) is 0 Å². The number of rotatable bonds is 6. The molecule has 0 spiro atoms. The quantitative estimate of drug-likeness (QED) is 0.613. The highest BCUT2D eigenvalue weighted by Crippen LogP contribution is 2.25. The second-order valence-electron chi connectivity index (χ2n) is 3.33. The monoisotopic (exact) mass is 280 g/mol. The molecule has 1 aromatic carbocycles. The maximum atomic E-state index is 10.4. The van der Waals surface area contributed by atoms with Gasteiger partial charge in [-0.2, -0.15) is 4.89 Å². The van der Waals surface area contributed by atoms with Crippen molar-refractivity contribution >= 4 is 36.9 Å². The predicted molar refractivity (Wildman–Crippen MR) is 68.9 cm³/mol. The third-order valence-corrected chi connectivity index (χ3v) is 3.27. The lowest BCUT2D eigenvalue weighted by atomic mass is 10.3. The zero-order chi connectivity index (χ0) is 12.0. The van der Waals surface area contributed by atoms with Crippen molar-refractivity contribution in [3.63, 3.8) is 0 Å². The molecule has 16 heavy (non-hydrogen) atoms. The Hall–Kier alpha value is -0.340. The average Bonchev–Trinajstić information content (AvgIpc) is 2.20. The molecule has 0 bridgehead atoms. The van der Waals surface area contributed by atoms with Crippen LogP contribution in [0.3, 0.4) is 0 Å². The van der Waals surface area contributed by atoms with E-state index >= 15 is 0 Å². The van der Waals surface area contributed by atoms with Crippen molar-refractivity contribution in [2.45, 2.75) is 12.8 Å². The third kappa shape index (κ3) is 5.13. The van der Waals surface area contributed by atoms with Gasteiger partial charge >= 0.3 is 8.03 Å². The summed E-state index contributed by atoms with van der Waals surface area (Å²) in [4.78, 5) is 8.60. The van der Waals surface area contributed by atoms with Crippen molar-refractivity contribution in [1.29, 1.82) is 0 Å². The van der Waals surface area contributed by atoms with E-state index < -0.39 is 8.03 Å². The van der Waals surface area contributed by atoms with Crippen molar-refractivity contribution in [3.05, 3.63) is 28.2 Å². The van der Waals surface area contributed by atoms with Crippen molar-refractivity contribution in [3.8, 4) is 0 Å². The highest BCUT2D eigenvalue weighted by molar-refractivity contribution is 7.37. The minimum Gasteiger partial charge on any atom is -0.384 e. The number of unbranched alkanes of at least 4 members (excludes halogenated alkanes) is 1. The molecular weight excluding hydrogens is 268 g/mol. The molecule has 6 heteroatoms. The van der Waals surface area contributed by atoms with Gasteiger partial charge in [-0.3, -0.25) is 0 Å². The maximum Gasteiger partial charge on any atom is 0.505 e. The van der Waals surface area contributed by atoms with Gasteiger partial charge in [-0.1, -0.05) is 23.2 Å². The number of hydrogen-bond donors (Lipinski definition) is 2. The van der Waals surface area contributed by atoms with Crippen LogP contribution in [0.2, 0.25) is 10.0 Å². The molecule has 0 amide bonds. The molecule has 0 radical (unpaired) electrons. The lowest BCUT2D eigenvalue weighted by Crippen LogP contribution is -2.02. The van der Waals surface area contributed by atoms with Crippen LogP contribution in [0.4, 0.5) is 5.69 Å². The van der Waals surface area contributed by atoms with Crippen LogP contribution in [0.5, 0.6) is 0 Å². The first kappa shape index (κ1) is 13.7. The summed E-state index contributed by atoms with van der Waals surface area (Å²) < 4.78 is 10.4. The second-order valence-corrected chi connectivity index (χ2v) is 5.33. The van der Waals surface area contributed by atoms with Crippen molar-refractivity contribution < 1.29 is 9.46 Å². The van der Waals surface area contributed by atoms with Crippen LogP contribution in [0.25, 0.3) is 0 Å². The Morgan fingerprint density at radius 2 is 2.06 bits per heavy atom. The molecular formula is C10H13Cl2NO2P+. The summed E-state index contributed by atoms with van der Waals surface area (Å²) in [5, 5.41) is 4.34. The van der Waals surface area contributed by atoms with Crippen LogP contribution in [-0.4, -0.2) is 17.6 Å². The molecule has 0 aliphatic heterocycles. The van der Waals surface area contributed by atoms with Crippen LogP contribution in [0.1, 0.15) is 12.8 Å². The summed E-state index contributed by atoms with van der Waals surface area (Å²) >= 11 is 11.7. The standard InChI is InChI=1S/C10H12Cl2NO2P/c11-8-3-4-10(9(12)7-8)13-5-1-2-6-16(14)15/h3-4,7,13H,1-2,5-6H2/p+1. The minimum absolute atomic E-state index is 0.353. The Morgan fingerprint density at radius 1 is 1.31 bits per heavy atom. The number of nitrogens with one attached hydrogen (secondary N) is 1. The van der Waals surface area contributed by atoms with Crippen LogP contribution < -0.4 is 5.32 Å². The fourth-order valence-electron chi connectivity index (χ4n) is 1.23. The first-order chi connectivity index (χ1) is 7.59. The topological polar surface area (TPSA) is 49.3 Å². The molecule has 1 unspecified atom stereocenters. The van der Waals surface area contributed by atoms with E-state index in [-0.39, 0.29) is 0 Å². The van der Waals surface area contributed by atoms with Gasteiger partial charge in [0.05, 0.1) is 10.7 Å². The highest BCUT2D eigenvalue weighted by atomic mass is 35.5. The van der Waals surface area contributed by atoms with E-state index in [4.69, 9.17) is 28.1 Å². The Labute approximate surface area is 106 Å². The molecule has 0 saturated carbocycles. The van der Waals surface area contributed by atoms with E-state index in [2.05, 4.69) is 5.32 Å². The SMILES string of the molecule is O=[P+](O)CCCCNc1ccc(Cl)cc1Cl. The minimum atomic E-state index is -2.00. The summed E-state index contributed by atoms with van der Waals surface area (Å²) in [5.41, 5.74) is 0.833. The van der Waals surface area contributed by atoms with Crippen molar-refractivity contribution in [2.24, 2.45) is 0 Å². The van der Waals surface area contributed by atoms with E-state index in [0.717, 1.165) is 25.1 Å². The highest BCUT2D eigenvalue weighted by Gasteiger charge is 2.08. The van der Waals surface area contributed by atoms with E-state index in [1.165, 1.54) is 0 Å². The van der Waals surface area contributed by atoms with Crippen LogP contribution in [0.15, 0.2) is 18.2 Å². The predicted octanol–water partition coefficient (Wildman–Crippen LogP) is 3.92. The Balaban J connectivity index is 2.29. The van der Waals surface area contributed by atoms with Gasteiger partial charge < -0.3 is 5.32 Å². The Morgan fingerprint density at radius 3 is 2.69 bits per heavy atom. The zero-order valence-corrected chi connectivity index (χ0v) is 11.0. The number of hydrogen-bond acceptors (Lipinski definition) is 2. The molecule has 0 fully saturated rings. The number of halogens is 2. The summed E-state index contributed by atoms with van der Waals surface area (Å²) in [7, 11) is -2.00. The van der Waals surface area contributed by atoms with E-state index in [0.29, 0.717) is 16.2 Å². The molecule has 88 valence electrons. The summed E-state index contributed by atoms with van der Waals surface area (Å²) in [6.45, 7) is 0.727. The van der Waals surface area contributed by atoms with Crippen LogP contribution in [-0.2, 0) is 4.57 Å². The van der Waals surface area contributed by atoms with Gasteiger partial charge in [0.15, 0.2) is 6.16 Å². The van der Waals surface area contributed by atoms with Crippen molar-refractivity contribution in [2.75, 3.05) is 18.0 Å². The zero-order valence-electron chi connectivity index (χ0n) is 8.62. The molecule has 0 heterocycles. The smallest absolute Gasteiger partial charge is 0.384 e. The number of anilines is 1. The average molecular weight is 281 g/mol. The van der Waals surface area contributed by atoms with Crippen LogP contribution >= 0.6 is 31.2 Å².